The summed E-state index contributed by atoms with van der Waals surface area (Å²) < 4.78 is 6.02. The molecule has 2 aromatic carbocycles. The predicted molar refractivity (Wildman–Crippen MR) is 99.5 cm³/mol. The molecule has 1 heterocycles. The Bertz CT molecular complexity index is 843. The van der Waals surface area contributed by atoms with Gasteiger partial charge in [-0.2, -0.15) is 0 Å². The third-order valence-corrected chi connectivity index (χ3v) is 4.03. The number of pyridine rings is 1. The lowest BCUT2D eigenvalue weighted by atomic mass is 10.1. The van der Waals surface area contributed by atoms with Crippen LogP contribution in [0.4, 0.5) is 5.69 Å². The molecule has 0 aliphatic carbocycles. The van der Waals surface area contributed by atoms with Gasteiger partial charge in [-0.25, -0.2) is 0 Å². The standard InChI is InChI=1S/C21H22N2O/c1-15-13-17(20-10-6-7-16(2)23-20)11-12-21(15)24-14-18-8-4-5-9-19(18)22-3/h4-13,22H,14H2,1-3H3. The fraction of sp³-hybridized carbons (Fsp3) is 0.190. The zero-order valence-electron chi connectivity index (χ0n) is 14.3. The van der Waals surface area contributed by atoms with E-state index in [4.69, 9.17) is 4.74 Å². The number of nitrogens with zero attached hydrogens (tertiary/aromatic N) is 1. The smallest absolute Gasteiger partial charge is 0.122 e. The van der Waals surface area contributed by atoms with Gasteiger partial charge in [0.1, 0.15) is 12.4 Å². The lowest BCUT2D eigenvalue weighted by Gasteiger charge is -2.13. The SMILES string of the molecule is CNc1ccccc1COc1ccc(-c2cccc(C)n2)cc1C. The third-order valence-electron chi connectivity index (χ3n) is 4.03. The van der Waals surface area contributed by atoms with E-state index in [1.807, 2.05) is 50.4 Å². The molecule has 0 radical (unpaired) electrons. The molecule has 0 fully saturated rings. The average molecular weight is 318 g/mol. The van der Waals surface area contributed by atoms with Crippen LogP contribution in [0.1, 0.15) is 16.8 Å². The maximum atomic E-state index is 6.02. The molecule has 0 atom stereocenters. The van der Waals surface area contributed by atoms with Gasteiger partial charge in [0.05, 0.1) is 5.69 Å². The molecule has 3 aromatic rings. The highest BCUT2D eigenvalue weighted by Gasteiger charge is 2.06. The normalized spacial score (nSPS) is 10.5. The van der Waals surface area contributed by atoms with Crippen LogP contribution in [-0.4, -0.2) is 12.0 Å². The van der Waals surface area contributed by atoms with Gasteiger partial charge in [-0.3, -0.25) is 4.98 Å². The second-order valence-electron chi connectivity index (χ2n) is 5.84. The Hall–Kier alpha value is -2.81. The molecule has 3 rings (SSSR count). The van der Waals surface area contributed by atoms with Crippen molar-refractivity contribution in [3.8, 4) is 17.0 Å². The van der Waals surface area contributed by atoms with E-state index in [0.717, 1.165) is 39.5 Å². The van der Waals surface area contributed by atoms with Gasteiger partial charge in [0.25, 0.3) is 0 Å². The molecule has 122 valence electrons. The number of nitrogens with one attached hydrogen (secondary N) is 1. The molecule has 0 aliphatic heterocycles. The van der Waals surface area contributed by atoms with Crippen LogP contribution in [0.15, 0.2) is 60.7 Å². The maximum Gasteiger partial charge on any atom is 0.122 e. The van der Waals surface area contributed by atoms with E-state index in [0.29, 0.717) is 6.61 Å². The summed E-state index contributed by atoms with van der Waals surface area (Å²) in [7, 11) is 1.92. The number of para-hydroxylation sites is 1. The van der Waals surface area contributed by atoms with Crippen molar-refractivity contribution in [3.05, 3.63) is 77.5 Å². The Morgan fingerprint density at radius 2 is 1.79 bits per heavy atom. The number of ether oxygens (including phenoxy) is 1. The topological polar surface area (TPSA) is 34.1 Å². The van der Waals surface area contributed by atoms with Crippen molar-refractivity contribution in [1.29, 1.82) is 0 Å². The first kappa shape index (κ1) is 16.1. The van der Waals surface area contributed by atoms with Crippen LogP contribution in [0.2, 0.25) is 0 Å². The molecule has 24 heavy (non-hydrogen) atoms. The van der Waals surface area contributed by atoms with Gasteiger partial charge in [-0.15, -0.1) is 0 Å². The minimum atomic E-state index is 0.542. The molecule has 0 amide bonds. The summed E-state index contributed by atoms with van der Waals surface area (Å²) in [6, 6.07) is 20.5. The van der Waals surface area contributed by atoms with E-state index in [9.17, 15) is 0 Å². The van der Waals surface area contributed by atoms with E-state index in [-0.39, 0.29) is 0 Å². The van der Waals surface area contributed by atoms with Crippen molar-refractivity contribution in [1.82, 2.24) is 4.98 Å². The highest BCUT2D eigenvalue weighted by atomic mass is 16.5. The monoisotopic (exact) mass is 318 g/mol. The fourth-order valence-corrected chi connectivity index (χ4v) is 2.72. The summed E-state index contributed by atoms with van der Waals surface area (Å²) in [5.74, 6) is 0.900. The van der Waals surface area contributed by atoms with Crippen LogP contribution in [0.3, 0.4) is 0 Å². The van der Waals surface area contributed by atoms with Gasteiger partial charge >= 0.3 is 0 Å². The largest absolute Gasteiger partial charge is 0.489 e. The molecular weight excluding hydrogens is 296 g/mol. The van der Waals surface area contributed by atoms with Crippen molar-refractivity contribution in [2.75, 3.05) is 12.4 Å². The van der Waals surface area contributed by atoms with Gasteiger partial charge in [0, 0.05) is 29.6 Å². The van der Waals surface area contributed by atoms with Crippen LogP contribution in [-0.2, 0) is 6.61 Å². The Labute approximate surface area is 143 Å². The molecule has 0 unspecified atom stereocenters. The Morgan fingerprint density at radius 1 is 0.958 bits per heavy atom. The summed E-state index contributed by atoms with van der Waals surface area (Å²) in [6.45, 7) is 4.62. The van der Waals surface area contributed by atoms with Gasteiger partial charge in [0.2, 0.25) is 0 Å². The van der Waals surface area contributed by atoms with Crippen LogP contribution in [0, 0.1) is 13.8 Å². The Balaban J connectivity index is 1.78. The van der Waals surface area contributed by atoms with Crippen molar-refractivity contribution in [2.45, 2.75) is 20.5 Å². The summed E-state index contributed by atoms with van der Waals surface area (Å²) in [6.07, 6.45) is 0. The molecule has 1 N–H and O–H groups in total. The lowest BCUT2D eigenvalue weighted by Crippen LogP contribution is -2.01. The highest BCUT2D eigenvalue weighted by Crippen LogP contribution is 2.26. The van der Waals surface area contributed by atoms with Crippen molar-refractivity contribution >= 4 is 5.69 Å². The number of anilines is 1. The summed E-state index contributed by atoms with van der Waals surface area (Å²) in [4.78, 5) is 4.58. The second kappa shape index (κ2) is 7.18. The molecule has 0 saturated heterocycles. The Morgan fingerprint density at radius 3 is 2.54 bits per heavy atom. The minimum Gasteiger partial charge on any atom is -0.489 e. The zero-order valence-corrected chi connectivity index (χ0v) is 14.3. The number of aryl methyl sites for hydroxylation is 2. The number of benzene rings is 2. The van der Waals surface area contributed by atoms with Gasteiger partial charge in [-0.05, 0) is 55.8 Å². The van der Waals surface area contributed by atoms with E-state index in [1.165, 1.54) is 0 Å². The zero-order chi connectivity index (χ0) is 16.9. The first-order valence-corrected chi connectivity index (χ1v) is 8.10. The quantitative estimate of drug-likeness (QED) is 0.720. The van der Waals surface area contributed by atoms with Crippen LogP contribution in [0.25, 0.3) is 11.3 Å². The van der Waals surface area contributed by atoms with Crippen molar-refractivity contribution in [2.24, 2.45) is 0 Å². The van der Waals surface area contributed by atoms with Gasteiger partial charge in [0.15, 0.2) is 0 Å². The molecule has 3 heteroatoms. The Kier molecular flexibility index (Phi) is 4.80. The molecule has 0 aliphatic rings. The van der Waals surface area contributed by atoms with Crippen molar-refractivity contribution in [3.63, 3.8) is 0 Å². The van der Waals surface area contributed by atoms with Gasteiger partial charge < -0.3 is 10.1 Å². The van der Waals surface area contributed by atoms with Crippen LogP contribution < -0.4 is 10.1 Å². The molecule has 0 spiro atoms. The molecule has 0 bridgehead atoms. The number of hydrogen-bond donors (Lipinski definition) is 1. The first-order chi connectivity index (χ1) is 11.7. The minimum absolute atomic E-state index is 0.542. The fourth-order valence-electron chi connectivity index (χ4n) is 2.72. The number of rotatable bonds is 5. The predicted octanol–water partition coefficient (Wildman–Crippen LogP) is 4.99. The van der Waals surface area contributed by atoms with Gasteiger partial charge in [-0.1, -0.05) is 24.3 Å². The molecule has 3 nitrogen and oxygen atoms in total. The van der Waals surface area contributed by atoms with Crippen LogP contribution >= 0.6 is 0 Å². The first-order valence-electron chi connectivity index (χ1n) is 8.10. The van der Waals surface area contributed by atoms with Crippen LogP contribution in [0.5, 0.6) is 5.75 Å². The second-order valence-corrected chi connectivity index (χ2v) is 5.84. The molecule has 1 aromatic heterocycles. The summed E-state index contributed by atoms with van der Waals surface area (Å²) in [5, 5.41) is 3.19. The van der Waals surface area contributed by atoms with E-state index < -0.39 is 0 Å². The summed E-state index contributed by atoms with van der Waals surface area (Å²) >= 11 is 0. The maximum absolute atomic E-state index is 6.02. The summed E-state index contributed by atoms with van der Waals surface area (Å²) in [5.41, 5.74) is 6.47. The molecule has 0 saturated carbocycles. The lowest BCUT2D eigenvalue weighted by molar-refractivity contribution is 0.305. The van der Waals surface area contributed by atoms with E-state index >= 15 is 0 Å². The number of hydrogen-bond acceptors (Lipinski definition) is 3. The molecular formula is C21H22N2O. The van der Waals surface area contributed by atoms with E-state index in [2.05, 4.69) is 41.5 Å². The van der Waals surface area contributed by atoms with E-state index in [1.54, 1.807) is 0 Å². The van der Waals surface area contributed by atoms with Crippen molar-refractivity contribution < 1.29 is 4.74 Å². The highest BCUT2D eigenvalue weighted by molar-refractivity contribution is 5.62. The average Bonchev–Trinajstić information content (AvgIpc) is 2.61. The third kappa shape index (κ3) is 3.57. The number of aromatic nitrogens is 1.